The Hall–Kier alpha value is -1.30. The maximum absolute atomic E-state index is 10.9. The minimum absolute atomic E-state index is 0.0377. The van der Waals surface area contributed by atoms with Crippen LogP contribution in [0.1, 0.15) is 12.8 Å². The van der Waals surface area contributed by atoms with Gasteiger partial charge in [-0.05, 0) is 6.42 Å². The minimum Gasteiger partial charge on any atom is -0.395 e. The van der Waals surface area contributed by atoms with Gasteiger partial charge in [0.2, 0.25) is 5.91 Å². The van der Waals surface area contributed by atoms with Crippen molar-refractivity contribution in [3.8, 4) is 0 Å². The van der Waals surface area contributed by atoms with E-state index in [9.17, 15) is 4.79 Å². The fourth-order valence-corrected chi connectivity index (χ4v) is 0.731. The molecule has 6 N–H and O–H groups in total. The molecule has 0 aliphatic heterocycles. The first-order valence-corrected chi connectivity index (χ1v) is 4.09. The molecule has 0 saturated heterocycles. The molecule has 0 fully saturated rings. The van der Waals surface area contributed by atoms with E-state index >= 15 is 0 Å². The lowest BCUT2D eigenvalue weighted by Gasteiger charge is -2.01. The van der Waals surface area contributed by atoms with Gasteiger partial charge in [0.1, 0.15) is 0 Å². The molecule has 0 bridgehead atoms. The average Bonchev–Trinajstić information content (AvgIpc) is 2.08. The van der Waals surface area contributed by atoms with Crippen molar-refractivity contribution in [2.45, 2.75) is 12.8 Å². The van der Waals surface area contributed by atoms with Crippen molar-refractivity contribution < 1.29 is 9.90 Å². The van der Waals surface area contributed by atoms with E-state index in [4.69, 9.17) is 16.6 Å². The number of aliphatic imine (C=N–C) groups is 1. The predicted molar refractivity (Wildman–Crippen MR) is 50.0 cm³/mol. The van der Waals surface area contributed by atoms with Crippen molar-refractivity contribution in [3.05, 3.63) is 0 Å². The molecule has 0 saturated carbocycles. The monoisotopic (exact) mass is 188 g/mol. The van der Waals surface area contributed by atoms with Crippen LogP contribution in [0.5, 0.6) is 0 Å². The van der Waals surface area contributed by atoms with E-state index < -0.39 is 0 Å². The maximum atomic E-state index is 10.9. The number of carbonyl (C=O) groups is 1. The van der Waals surface area contributed by atoms with Crippen LogP contribution in [-0.2, 0) is 4.79 Å². The van der Waals surface area contributed by atoms with Crippen molar-refractivity contribution in [1.29, 1.82) is 0 Å². The lowest BCUT2D eigenvalue weighted by atomic mass is 10.3. The van der Waals surface area contributed by atoms with E-state index in [0.717, 1.165) is 0 Å². The van der Waals surface area contributed by atoms with E-state index in [-0.39, 0.29) is 18.5 Å². The number of rotatable bonds is 6. The zero-order valence-electron chi connectivity index (χ0n) is 7.49. The van der Waals surface area contributed by atoms with Crippen LogP contribution >= 0.6 is 0 Å². The summed E-state index contributed by atoms with van der Waals surface area (Å²) in [6, 6.07) is 0. The highest BCUT2D eigenvalue weighted by atomic mass is 16.3. The van der Waals surface area contributed by atoms with Gasteiger partial charge in [-0.2, -0.15) is 0 Å². The second-order valence-electron chi connectivity index (χ2n) is 2.48. The van der Waals surface area contributed by atoms with Crippen molar-refractivity contribution >= 4 is 11.9 Å². The fraction of sp³-hybridized carbons (Fsp3) is 0.714. The first kappa shape index (κ1) is 11.7. The molecule has 0 aliphatic carbocycles. The minimum atomic E-state index is -0.0974. The number of carbonyl (C=O) groups excluding carboxylic acids is 1. The predicted octanol–water partition coefficient (Wildman–Crippen LogP) is -1.85. The standard InChI is InChI=1S/C7H16N4O2/c8-7(9)11-3-1-2-6(13)10-4-5-12/h12H,1-5H2,(H,10,13)(H4,8,9,11). The van der Waals surface area contributed by atoms with Gasteiger partial charge < -0.3 is 21.9 Å². The Bertz CT molecular complexity index is 177. The van der Waals surface area contributed by atoms with Gasteiger partial charge >= 0.3 is 0 Å². The molecule has 0 aromatic heterocycles. The summed E-state index contributed by atoms with van der Waals surface area (Å²) in [5.41, 5.74) is 10.2. The number of nitrogens with zero attached hydrogens (tertiary/aromatic N) is 1. The number of hydrogen-bond donors (Lipinski definition) is 4. The lowest BCUT2D eigenvalue weighted by Crippen LogP contribution is -2.26. The molecular weight excluding hydrogens is 172 g/mol. The van der Waals surface area contributed by atoms with Gasteiger partial charge in [0.25, 0.3) is 0 Å². The fourth-order valence-electron chi connectivity index (χ4n) is 0.731. The number of aliphatic hydroxyl groups is 1. The van der Waals surface area contributed by atoms with Crippen molar-refractivity contribution in [1.82, 2.24) is 5.32 Å². The van der Waals surface area contributed by atoms with E-state index in [1.807, 2.05) is 0 Å². The molecule has 0 aromatic carbocycles. The SMILES string of the molecule is NC(N)=NCCCC(=O)NCCO. The molecular formula is C7H16N4O2. The third-order valence-electron chi connectivity index (χ3n) is 1.29. The zero-order valence-corrected chi connectivity index (χ0v) is 7.49. The van der Waals surface area contributed by atoms with Crippen LogP contribution in [0.2, 0.25) is 0 Å². The van der Waals surface area contributed by atoms with Gasteiger partial charge in [-0.25, -0.2) is 0 Å². The van der Waals surface area contributed by atoms with Gasteiger partial charge in [-0.3, -0.25) is 9.79 Å². The van der Waals surface area contributed by atoms with E-state index in [2.05, 4.69) is 10.3 Å². The smallest absolute Gasteiger partial charge is 0.220 e. The van der Waals surface area contributed by atoms with Crippen LogP contribution in [0.4, 0.5) is 0 Å². The summed E-state index contributed by atoms with van der Waals surface area (Å²) >= 11 is 0. The van der Waals surface area contributed by atoms with Crippen molar-refractivity contribution in [2.75, 3.05) is 19.7 Å². The maximum Gasteiger partial charge on any atom is 0.220 e. The Labute approximate surface area is 77.0 Å². The summed E-state index contributed by atoms with van der Waals surface area (Å²) in [5, 5.41) is 10.9. The summed E-state index contributed by atoms with van der Waals surface area (Å²) < 4.78 is 0. The Balaban J connectivity index is 3.32. The molecule has 0 unspecified atom stereocenters. The number of hydrogen-bond acceptors (Lipinski definition) is 3. The molecule has 0 heterocycles. The number of nitrogens with two attached hydrogens (primary N) is 2. The van der Waals surface area contributed by atoms with E-state index in [0.29, 0.717) is 25.9 Å². The topological polar surface area (TPSA) is 114 Å². The van der Waals surface area contributed by atoms with Crippen LogP contribution in [0.25, 0.3) is 0 Å². The lowest BCUT2D eigenvalue weighted by molar-refractivity contribution is -0.121. The molecule has 76 valence electrons. The number of aliphatic hydroxyl groups excluding tert-OH is 1. The molecule has 1 amide bonds. The summed E-state index contributed by atoms with van der Waals surface area (Å²) in [6.45, 7) is 0.704. The molecule has 6 heteroatoms. The van der Waals surface area contributed by atoms with Crippen LogP contribution < -0.4 is 16.8 Å². The zero-order chi connectivity index (χ0) is 10.1. The molecule has 0 aromatic rings. The molecule has 0 spiro atoms. The summed E-state index contributed by atoms with van der Waals surface area (Å²) in [7, 11) is 0. The average molecular weight is 188 g/mol. The van der Waals surface area contributed by atoms with E-state index in [1.54, 1.807) is 0 Å². The molecule has 0 radical (unpaired) electrons. The second-order valence-corrected chi connectivity index (χ2v) is 2.48. The Morgan fingerprint density at radius 2 is 2.15 bits per heavy atom. The Morgan fingerprint density at radius 1 is 1.46 bits per heavy atom. The molecule has 0 atom stereocenters. The normalized spacial score (nSPS) is 9.31. The Morgan fingerprint density at radius 3 is 2.69 bits per heavy atom. The first-order chi connectivity index (χ1) is 6.16. The molecule has 0 rings (SSSR count). The number of nitrogens with one attached hydrogen (secondary N) is 1. The van der Waals surface area contributed by atoms with Gasteiger partial charge in [0.15, 0.2) is 5.96 Å². The summed E-state index contributed by atoms with van der Waals surface area (Å²) in [4.78, 5) is 14.6. The summed E-state index contributed by atoms with van der Waals surface area (Å²) in [5.74, 6) is -0.0596. The highest BCUT2D eigenvalue weighted by Gasteiger charge is 1.98. The molecule has 6 nitrogen and oxygen atoms in total. The van der Waals surface area contributed by atoms with Gasteiger partial charge in [-0.1, -0.05) is 0 Å². The van der Waals surface area contributed by atoms with Crippen LogP contribution in [-0.4, -0.2) is 36.7 Å². The van der Waals surface area contributed by atoms with E-state index in [1.165, 1.54) is 0 Å². The Kier molecular flexibility index (Phi) is 6.62. The number of guanidine groups is 1. The third-order valence-corrected chi connectivity index (χ3v) is 1.29. The van der Waals surface area contributed by atoms with Gasteiger partial charge in [-0.15, -0.1) is 0 Å². The van der Waals surface area contributed by atoms with Crippen LogP contribution in [0.3, 0.4) is 0 Å². The van der Waals surface area contributed by atoms with Crippen molar-refractivity contribution in [3.63, 3.8) is 0 Å². The highest BCUT2D eigenvalue weighted by Crippen LogP contribution is 1.88. The highest BCUT2D eigenvalue weighted by molar-refractivity contribution is 5.76. The van der Waals surface area contributed by atoms with Crippen LogP contribution in [0, 0.1) is 0 Å². The second kappa shape index (κ2) is 7.35. The molecule has 13 heavy (non-hydrogen) atoms. The van der Waals surface area contributed by atoms with Gasteiger partial charge in [0, 0.05) is 19.5 Å². The van der Waals surface area contributed by atoms with Crippen molar-refractivity contribution in [2.24, 2.45) is 16.5 Å². The number of amides is 1. The largest absolute Gasteiger partial charge is 0.395 e. The third kappa shape index (κ3) is 8.61. The van der Waals surface area contributed by atoms with Crippen LogP contribution in [0.15, 0.2) is 4.99 Å². The van der Waals surface area contributed by atoms with Gasteiger partial charge in [0.05, 0.1) is 6.61 Å². The quantitative estimate of drug-likeness (QED) is 0.222. The first-order valence-electron chi connectivity index (χ1n) is 4.09. The summed E-state index contributed by atoms with van der Waals surface area (Å²) in [6.07, 6.45) is 0.978. The molecule has 0 aliphatic rings.